The molecule has 0 aliphatic heterocycles. The number of nitrogens with zero attached hydrogens (tertiary/aromatic N) is 2. The zero-order chi connectivity index (χ0) is 14.0. The Bertz CT molecular complexity index is 623. The molecule has 0 atom stereocenters. The summed E-state index contributed by atoms with van der Waals surface area (Å²) in [4.78, 5) is 11.6. The third-order valence-electron chi connectivity index (χ3n) is 2.40. The second kappa shape index (κ2) is 4.84. The summed E-state index contributed by atoms with van der Waals surface area (Å²) in [6.45, 7) is 1.81. The van der Waals surface area contributed by atoms with E-state index in [9.17, 15) is 20.1 Å². The second-order valence-electron chi connectivity index (χ2n) is 3.57. The van der Waals surface area contributed by atoms with E-state index in [1.54, 1.807) is 6.92 Å². The SMILES string of the molecule is CCOC(=O)c1n[nH]nc1-c1ccc(O)c(O)c1O. The largest absolute Gasteiger partial charge is 0.504 e. The molecule has 19 heavy (non-hydrogen) atoms. The van der Waals surface area contributed by atoms with Crippen molar-refractivity contribution < 1.29 is 24.9 Å². The average molecular weight is 265 g/mol. The lowest BCUT2D eigenvalue weighted by Crippen LogP contribution is -2.06. The molecule has 2 aromatic rings. The first-order chi connectivity index (χ1) is 9.06. The number of nitrogens with one attached hydrogen (secondary N) is 1. The molecule has 1 aromatic carbocycles. The van der Waals surface area contributed by atoms with Gasteiger partial charge in [0, 0.05) is 0 Å². The number of aromatic hydroxyl groups is 3. The van der Waals surface area contributed by atoms with Crippen molar-refractivity contribution in [2.24, 2.45) is 0 Å². The quantitative estimate of drug-likeness (QED) is 0.476. The van der Waals surface area contributed by atoms with Crippen LogP contribution in [0.3, 0.4) is 0 Å². The number of esters is 1. The number of hydrogen-bond donors (Lipinski definition) is 4. The van der Waals surface area contributed by atoms with E-state index in [0.717, 1.165) is 6.07 Å². The predicted octanol–water partition coefficient (Wildman–Crippen LogP) is 0.765. The lowest BCUT2D eigenvalue weighted by molar-refractivity contribution is 0.0520. The normalized spacial score (nSPS) is 10.4. The van der Waals surface area contributed by atoms with Gasteiger partial charge < -0.3 is 20.1 Å². The summed E-state index contributed by atoms with van der Waals surface area (Å²) in [5.74, 6) is -2.49. The Balaban J connectivity index is 2.52. The van der Waals surface area contributed by atoms with E-state index < -0.39 is 23.2 Å². The number of benzene rings is 1. The summed E-state index contributed by atoms with van der Waals surface area (Å²) in [7, 11) is 0. The van der Waals surface area contributed by atoms with Gasteiger partial charge in [0.15, 0.2) is 17.2 Å². The Kier molecular flexibility index (Phi) is 3.23. The summed E-state index contributed by atoms with van der Waals surface area (Å²) >= 11 is 0. The molecule has 1 aromatic heterocycles. The molecule has 0 spiro atoms. The zero-order valence-corrected chi connectivity index (χ0v) is 9.91. The summed E-state index contributed by atoms with van der Waals surface area (Å²) in [6, 6.07) is 2.46. The van der Waals surface area contributed by atoms with Crippen LogP contribution in [-0.2, 0) is 4.74 Å². The third kappa shape index (κ3) is 2.15. The number of hydrogen-bond acceptors (Lipinski definition) is 7. The monoisotopic (exact) mass is 265 g/mol. The summed E-state index contributed by atoms with van der Waals surface area (Å²) in [5.41, 5.74) is -0.0550. The van der Waals surface area contributed by atoms with Gasteiger partial charge in [0.2, 0.25) is 5.75 Å². The first-order valence-corrected chi connectivity index (χ1v) is 5.38. The highest BCUT2D eigenvalue weighted by atomic mass is 16.5. The van der Waals surface area contributed by atoms with Gasteiger partial charge in [0.05, 0.1) is 12.2 Å². The summed E-state index contributed by atoms with van der Waals surface area (Å²) in [6.07, 6.45) is 0. The Morgan fingerprint density at radius 3 is 2.68 bits per heavy atom. The van der Waals surface area contributed by atoms with E-state index in [2.05, 4.69) is 15.4 Å². The maximum absolute atomic E-state index is 11.6. The smallest absolute Gasteiger partial charge is 0.361 e. The zero-order valence-electron chi connectivity index (χ0n) is 9.91. The molecular formula is C11H11N3O5. The fraction of sp³-hybridized carbons (Fsp3) is 0.182. The van der Waals surface area contributed by atoms with Crippen molar-refractivity contribution in [3.63, 3.8) is 0 Å². The number of aromatic amines is 1. The van der Waals surface area contributed by atoms with Crippen LogP contribution in [0.15, 0.2) is 12.1 Å². The van der Waals surface area contributed by atoms with Crippen LogP contribution in [0.2, 0.25) is 0 Å². The van der Waals surface area contributed by atoms with Crippen molar-refractivity contribution in [3.8, 4) is 28.5 Å². The van der Waals surface area contributed by atoms with Gasteiger partial charge in [-0.15, -0.1) is 5.10 Å². The molecule has 1 heterocycles. The van der Waals surface area contributed by atoms with Gasteiger partial charge in [-0.25, -0.2) is 4.79 Å². The molecule has 0 saturated heterocycles. The fourth-order valence-corrected chi connectivity index (χ4v) is 1.52. The highest BCUT2D eigenvalue weighted by Gasteiger charge is 2.23. The maximum Gasteiger partial charge on any atom is 0.361 e. The maximum atomic E-state index is 11.6. The van der Waals surface area contributed by atoms with Gasteiger partial charge in [-0.05, 0) is 19.1 Å². The van der Waals surface area contributed by atoms with Crippen LogP contribution in [0.4, 0.5) is 0 Å². The summed E-state index contributed by atoms with van der Waals surface area (Å²) < 4.78 is 4.79. The van der Waals surface area contributed by atoms with Gasteiger partial charge in [0.1, 0.15) is 5.69 Å². The van der Waals surface area contributed by atoms with E-state index >= 15 is 0 Å². The standard InChI is InChI=1S/C11H11N3O5/c1-2-19-11(18)8-7(12-14-13-8)5-3-4-6(15)10(17)9(5)16/h3-4,15-17H,2H2,1H3,(H,12,13,14). The van der Waals surface area contributed by atoms with Crippen molar-refractivity contribution in [2.45, 2.75) is 6.92 Å². The van der Waals surface area contributed by atoms with Crippen molar-refractivity contribution in [2.75, 3.05) is 6.61 Å². The van der Waals surface area contributed by atoms with E-state index in [-0.39, 0.29) is 23.6 Å². The third-order valence-corrected chi connectivity index (χ3v) is 2.40. The Morgan fingerprint density at radius 2 is 2.00 bits per heavy atom. The highest BCUT2D eigenvalue weighted by molar-refractivity contribution is 5.95. The van der Waals surface area contributed by atoms with Crippen LogP contribution in [0.1, 0.15) is 17.4 Å². The van der Waals surface area contributed by atoms with Crippen molar-refractivity contribution in [3.05, 3.63) is 17.8 Å². The predicted molar refractivity (Wildman–Crippen MR) is 62.8 cm³/mol. The molecule has 0 aliphatic carbocycles. The molecule has 0 saturated carbocycles. The van der Waals surface area contributed by atoms with E-state index in [0.29, 0.717) is 0 Å². The minimum atomic E-state index is -0.710. The number of carbonyl (C=O) groups is 1. The second-order valence-corrected chi connectivity index (χ2v) is 3.57. The first kappa shape index (κ1) is 12.7. The van der Waals surface area contributed by atoms with Crippen LogP contribution >= 0.6 is 0 Å². The first-order valence-electron chi connectivity index (χ1n) is 5.38. The average Bonchev–Trinajstić information content (AvgIpc) is 2.85. The highest BCUT2D eigenvalue weighted by Crippen LogP contribution is 2.42. The molecule has 0 radical (unpaired) electrons. The van der Waals surface area contributed by atoms with Crippen LogP contribution in [-0.4, -0.2) is 43.3 Å². The van der Waals surface area contributed by atoms with Crippen LogP contribution < -0.4 is 0 Å². The Hall–Kier alpha value is -2.77. The molecule has 8 nitrogen and oxygen atoms in total. The fourth-order valence-electron chi connectivity index (χ4n) is 1.52. The Morgan fingerprint density at radius 1 is 1.26 bits per heavy atom. The van der Waals surface area contributed by atoms with Crippen LogP contribution in [0.5, 0.6) is 17.2 Å². The molecule has 0 bridgehead atoms. The van der Waals surface area contributed by atoms with Gasteiger partial charge in [-0.1, -0.05) is 0 Å². The van der Waals surface area contributed by atoms with Gasteiger partial charge in [0.25, 0.3) is 0 Å². The van der Waals surface area contributed by atoms with Gasteiger partial charge in [-0.2, -0.15) is 10.3 Å². The molecule has 4 N–H and O–H groups in total. The Labute approximate surface area is 107 Å². The molecule has 100 valence electrons. The van der Waals surface area contributed by atoms with Crippen LogP contribution in [0.25, 0.3) is 11.3 Å². The number of ether oxygens (including phenoxy) is 1. The van der Waals surface area contributed by atoms with E-state index in [1.165, 1.54) is 6.07 Å². The number of aromatic nitrogens is 3. The van der Waals surface area contributed by atoms with Crippen molar-refractivity contribution in [1.29, 1.82) is 0 Å². The number of phenolic OH excluding ortho intramolecular Hbond substituents is 3. The van der Waals surface area contributed by atoms with E-state index in [1.807, 2.05) is 0 Å². The van der Waals surface area contributed by atoms with Crippen molar-refractivity contribution in [1.82, 2.24) is 15.4 Å². The lowest BCUT2D eigenvalue weighted by atomic mass is 10.1. The lowest BCUT2D eigenvalue weighted by Gasteiger charge is -2.06. The molecule has 0 aliphatic rings. The number of rotatable bonds is 3. The molecule has 0 unspecified atom stereocenters. The van der Waals surface area contributed by atoms with Gasteiger partial charge >= 0.3 is 5.97 Å². The molecule has 0 fully saturated rings. The number of phenols is 3. The summed E-state index contributed by atoms with van der Waals surface area (Å²) in [5, 5.41) is 38.0. The minimum absolute atomic E-state index is 0.0197. The van der Waals surface area contributed by atoms with Crippen molar-refractivity contribution >= 4 is 5.97 Å². The van der Waals surface area contributed by atoms with Crippen LogP contribution in [0, 0.1) is 0 Å². The number of carbonyl (C=O) groups excluding carboxylic acids is 1. The molecule has 8 heteroatoms. The topological polar surface area (TPSA) is 129 Å². The van der Waals surface area contributed by atoms with Gasteiger partial charge in [-0.3, -0.25) is 0 Å². The van der Waals surface area contributed by atoms with E-state index in [4.69, 9.17) is 4.74 Å². The minimum Gasteiger partial charge on any atom is -0.504 e. The number of H-pyrrole nitrogens is 1. The molecule has 2 rings (SSSR count). The molecular weight excluding hydrogens is 254 g/mol. The molecule has 0 amide bonds.